The molecule has 0 aromatic heterocycles. The van der Waals surface area contributed by atoms with Gasteiger partial charge in [-0.25, -0.2) is 13.2 Å². The fourth-order valence-electron chi connectivity index (χ4n) is 4.90. The minimum Gasteiger partial charge on any atom is -0.207 e. The van der Waals surface area contributed by atoms with Crippen LogP contribution in [0.4, 0.5) is 13.2 Å². The van der Waals surface area contributed by atoms with Gasteiger partial charge >= 0.3 is 0 Å². The van der Waals surface area contributed by atoms with Gasteiger partial charge in [-0.05, 0) is 72.3 Å². The first-order chi connectivity index (χ1) is 14.5. The predicted molar refractivity (Wildman–Crippen MR) is 118 cm³/mol. The number of aryl methyl sites for hydroxylation is 4. The molecule has 1 aliphatic rings. The molecular formula is C27H35F3. The maximum Gasteiger partial charge on any atom is 0.162 e. The van der Waals surface area contributed by atoms with Gasteiger partial charge in [0, 0.05) is 0 Å². The van der Waals surface area contributed by atoms with E-state index in [0.717, 1.165) is 35.8 Å². The minimum atomic E-state index is -0.764. The van der Waals surface area contributed by atoms with Crippen LogP contribution in [0, 0.1) is 29.3 Å². The van der Waals surface area contributed by atoms with Crippen LogP contribution in [0.1, 0.15) is 81.0 Å². The Morgan fingerprint density at radius 2 is 1.30 bits per heavy atom. The molecule has 3 rings (SSSR count). The van der Waals surface area contributed by atoms with Crippen LogP contribution in [0.15, 0.2) is 30.3 Å². The first kappa shape index (κ1) is 22.9. The highest BCUT2D eigenvalue weighted by Crippen LogP contribution is 2.34. The average Bonchev–Trinajstić information content (AvgIpc) is 2.75. The third-order valence-corrected chi connectivity index (χ3v) is 6.91. The summed E-state index contributed by atoms with van der Waals surface area (Å²) in [5.41, 5.74) is 2.35. The van der Waals surface area contributed by atoms with Crippen molar-refractivity contribution in [2.75, 3.05) is 0 Å². The Balaban J connectivity index is 1.51. The van der Waals surface area contributed by atoms with Crippen LogP contribution in [0.5, 0.6) is 0 Å². The molecule has 0 unspecified atom stereocenters. The Labute approximate surface area is 179 Å². The van der Waals surface area contributed by atoms with Gasteiger partial charge in [0.15, 0.2) is 11.6 Å². The van der Waals surface area contributed by atoms with Crippen LogP contribution >= 0.6 is 0 Å². The number of halogens is 3. The number of hydrogen-bond acceptors (Lipinski definition) is 0. The van der Waals surface area contributed by atoms with Gasteiger partial charge in [-0.2, -0.15) is 0 Å². The summed E-state index contributed by atoms with van der Waals surface area (Å²) in [5.74, 6) is -0.0552. The molecule has 0 atom stereocenters. The van der Waals surface area contributed by atoms with Gasteiger partial charge in [0.1, 0.15) is 5.82 Å². The van der Waals surface area contributed by atoms with Gasteiger partial charge in [-0.15, -0.1) is 0 Å². The normalized spacial score (nSPS) is 19.2. The molecule has 2 aromatic carbocycles. The molecule has 2 aromatic rings. The first-order valence-corrected chi connectivity index (χ1v) is 11.7. The fourth-order valence-corrected chi connectivity index (χ4v) is 4.90. The molecule has 0 bridgehead atoms. The SMILES string of the molecule is CCCC1CCC(CCc2ccc(CCc3ccc(CC)c(F)c3F)cc2F)CC1. The summed E-state index contributed by atoms with van der Waals surface area (Å²) in [7, 11) is 0. The summed E-state index contributed by atoms with van der Waals surface area (Å²) in [6.45, 7) is 4.06. The minimum absolute atomic E-state index is 0.167. The molecule has 0 N–H and O–H groups in total. The third kappa shape index (κ3) is 5.89. The molecule has 1 saturated carbocycles. The summed E-state index contributed by atoms with van der Waals surface area (Å²) in [6, 6.07) is 8.68. The number of hydrogen-bond donors (Lipinski definition) is 0. The van der Waals surface area contributed by atoms with Crippen molar-refractivity contribution in [2.45, 2.75) is 84.5 Å². The van der Waals surface area contributed by atoms with Crippen LogP contribution in [0.25, 0.3) is 0 Å². The highest BCUT2D eigenvalue weighted by atomic mass is 19.2. The molecule has 0 spiro atoms. The first-order valence-electron chi connectivity index (χ1n) is 11.7. The van der Waals surface area contributed by atoms with Crippen molar-refractivity contribution in [3.8, 4) is 0 Å². The lowest BCUT2D eigenvalue weighted by molar-refractivity contribution is 0.252. The average molecular weight is 417 g/mol. The molecule has 164 valence electrons. The van der Waals surface area contributed by atoms with Gasteiger partial charge in [-0.3, -0.25) is 0 Å². The van der Waals surface area contributed by atoms with E-state index in [1.165, 1.54) is 38.5 Å². The quantitative estimate of drug-likeness (QED) is 0.388. The molecule has 0 radical (unpaired) electrons. The van der Waals surface area contributed by atoms with Crippen LogP contribution in [0.3, 0.4) is 0 Å². The van der Waals surface area contributed by atoms with E-state index in [0.29, 0.717) is 30.4 Å². The summed E-state index contributed by atoms with van der Waals surface area (Å²) >= 11 is 0. The maximum absolute atomic E-state index is 14.6. The Morgan fingerprint density at radius 1 is 0.700 bits per heavy atom. The van der Waals surface area contributed by atoms with Crippen molar-refractivity contribution >= 4 is 0 Å². The topological polar surface area (TPSA) is 0 Å². The summed E-state index contributed by atoms with van der Waals surface area (Å²) in [4.78, 5) is 0. The van der Waals surface area contributed by atoms with Crippen molar-refractivity contribution in [1.82, 2.24) is 0 Å². The van der Waals surface area contributed by atoms with Crippen LogP contribution < -0.4 is 0 Å². The number of benzene rings is 2. The molecule has 1 aliphatic carbocycles. The predicted octanol–water partition coefficient (Wildman–Crippen LogP) is 7.99. The zero-order valence-electron chi connectivity index (χ0n) is 18.5. The molecule has 0 heterocycles. The highest BCUT2D eigenvalue weighted by Gasteiger charge is 2.20. The van der Waals surface area contributed by atoms with E-state index in [-0.39, 0.29) is 5.82 Å². The molecule has 0 nitrogen and oxygen atoms in total. The molecule has 0 aliphatic heterocycles. The highest BCUT2D eigenvalue weighted by molar-refractivity contribution is 5.29. The second kappa shape index (κ2) is 11.0. The van der Waals surface area contributed by atoms with E-state index < -0.39 is 11.6 Å². The van der Waals surface area contributed by atoms with Gasteiger partial charge in [0.05, 0.1) is 0 Å². The third-order valence-electron chi connectivity index (χ3n) is 6.91. The van der Waals surface area contributed by atoms with Crippen molar-refractivity contribution < 1.29 is 13.2 Å². The molecule has 0 saturated heterocycles. The van der Waals surface area contributed by atoms with E-state index in [4.69, 9.17) is 0 Å². The molecular weight excluding hydrogens is 381 g/mol. The van der Waals surface area contributed by atoms with Gasteiger partial charge in [-0.1, -0.05) is 76.6 Å². The molecule has 30 heavy (non-hydrogen) atoms. The van der Waals surface area contributed by atoms with Crippen molar-refractivity contribution in [3.05, 3.63) is 70.0 Å². The van der Waals surface area contributed by atoms with Gasteiger partial charge in [0.25, 0.3) is 0 Å². The van der Waals surface area contributed by atoms with E-state index in [1.54, 1.807) is 25.1 Å². The van der Waals surface area contributed by atoms with Crippen LogP contribution in [-0.4, -0.2) is 0 Å². The Hall–Kier alpha value is -1.77. The lowest BCUT2D eigenvalue weighted by Gasteiger charge is -2.28. The summed E-state index contributed by atoms with van der Waals surface area (Å²) in [5, 5.41) is 0. The molecule has 1 fully saturated rings. The zero-order valence-corrected chi connectivity index (χ0v) is 18.5. The second-order valence-corrected chi connectivity index (χ2v) is 9.01. The monoisotopic (exact) mass is 416 g/mol. The van der Waals surface area contributed by atoms with Crippen LogP contribution in [-0.2, 0) is 25.7 Å². The van der Waals surface area contributed by atoms with E-state index >= 15 is 0 Å². The number of rotatable bonds is 9. The Kier molecular flexibility index (Phi) is 8.41. The van der Waals surface area contributed by atoms with Crippen LogP contribution in [0.2, 0.25) is 0 Å². The largest absolute Gasteiger partial charge is 0.207 e. The second-order valence-electron chi connectivity index (χ2n) is 9.01. The zero-order chi connectivity index (χ0) is 21.5. The summed E-state index contributed by atoms with van der Waals surface area (Å²) < 4.78 is 42.8. The fraction of sp³-hybridized carbons (Fsp3) is 0.556. The van der Waals surface area contributed by atoms with E-state index in [1.807, 2.05) is 12.1 Å². The Bertz CT molecular complexity index is 819. The lowest BCUT2D eigenvalue weighted by Crippen LogP contribution is -2.15. The molecule has 3 heteroatoms. The van der Waals surface area contributed by atoms with Crippen molar-refractivity contribution in [1.29, 1.82) is 0 Å². The Morgan fingerprint density at radius 3 is 1.93 bits per heavy atom. The summed E-state index contributed by atoms with van der Waals surface area (Å²) in [6.07, 6.45) is 11.0. The lowest BCUT2D eigenvalue weighted by atomic mass is 9.78. The van der Waals surface area contributed by atoms with Gasteiger partial charge < -0.3 is 0 Å². The standard InChI is InChI=1S/C27H35F3/c1-3-5-19-6-8-20(9-7-19)10-13-23-14-11-21(18-25(23)28)12-15-24-17-16-22(4-2)26(29)27(24)30/h11,14,16-20H,3-10,12-13,15H2,1-2H3. The van der Waals surface area contributed by atoms with E-state index in [2.05, 4.69) is 6.92 Å². The molecule has 0 amide bonds. The maximum atomic E-state index is 14.6. The van der Waals surface area contributed by atoms with E-state index in [9.17, 15) is 13.2 Å². The van der Waals surface area contributed by atoms with Crippen molar-refractivity contribution in [2.24, 2.45) is 11.8 Å². The van der Waals surface area contributed by atoms with Gasteiger partial charge in [0.2, 0.25) is 0 Å². The smallest absolute Gasteiger partial charge is 0.162 e. The van der Waals surface area contributed by atoms with Crippen molar-refractivity contribution in [3.63, 3.8) is 0 Å².